The van der Waals surface area contributed by atoms with Gasteiger partial charge in [0.2, 0.25) is 0 Å². The maximum Gasteiger partial charge on any atom is 0.408 e. The van der Waals surface area contributed by atoms with Gasteiger partial charge in [0.15, 0.2) is 5.71 Å². The SMILES string of the molecule is CCOC(=O)C1=NO[C@@H](C[C@@H](NC(=O)OC(C)(C)C)C(=O)OCC)[C@H]1C. The Morgan fingerprint density at radius 1 is 1.19 bits per heavy atom. The molecule has 1 amide bonds. The maximum atomic E-state index is 12.2. The van der Waals surface area contributed by atoms with Gasteiger partial charge in [0.05, 0.1) is 13.2 Å². The molecule has 0 saturated heterocycles. The Morgan fingerprint density at radius 2 is 1.81 bits per heavy atom. The minimum atomic E-state index is -0.992. The zero-order chi connectivity index (χ0) is 19.9. The summed E-state index contributed by atoms with van der Waals surface area (Å²) in [6, 6.07) is -0.992. The molecule has 0 bridgehead atoms. The fourth-order valence-corrected chi connectivity index (χ4v) is 2.29. The number of nitrogens with zero attached hydrogens (tertiary/aromatic N) is 1. The third-order valence-corrected chi connectivity index (χ3v) is 3.49. The fraction of sp³-hybridized carbons (Fsp3) is 0.765. The summed E-state index contributed by atoms with van der Waals surface area (Å²) in [5.74, 6) is -1.57. The summed E-state index contributed by atoms with van der Waals surface area (Å²) in [5, 5.41) is 6.25. The number of nitrogens with one attached hydrogen (secondary N) is 1. The highest BCUT2D eigenvalue weighted by Crippen LogP contribution is 2.23. The molecule has 3 atom stereocenters. The smallest absolute Gasteiger partial charge is 0.408 e. The van der Waals surface area contributed by atoms with Crippen molar-refractivity contribution in [3.63, 3.8) is 0 Å². The van der Waals surface area contributed by atoms with Gasteiger partial charge in [0, 0.05) is 12.3 Å². The van der Waals surface area contributed by atoms with E-state index in [1.54, 1.807) is 41.5 Å². The summed E-state index contributed by atoms with van der Waals surface area (Å²) in [7, 11) is 0. The van der Waals surface area contributed by atoms with Gasteiger partial charge in [-0.25, -0.2) is 14.4 Å². The Hall–Kier alpha value is -2.32. The van der Waals surface area contributed by atoms with Gasteiger partial charge in [-0.05, 0) is 34.6 Å². The summed E-state index contributed by atoms with van der Waals surface area (Å²) < 4.78 is 15.1. The molecule has 148 valence electrons. The van der Waals surface area contributed by atoms with Crippen LogP contribution in [0.5, 0.6) is 0 Å². The molecule has 0 spiro atoms. The predicted octanol–water partition coefficient (Wildman–Crippen LogP) is 1.79. The summed E-state index contributed by atoms with van der Waals surface area (Å²) in [4.78, 5) is 41.3. The van der Waals surface area contributed by atoms with Crippen LogP contribution in [0.2, 0.25) is 0 Å². The lowest BCUT2D eigenvalue weighted by atomic mass is 9.94. The highest BCUT2D eigenvalue weighted by atomic mass is 16.6. The Labute approximate surface area is 153 Å². The molecular weight excluding hydrogens is 344 g/mol. The second-order valence-corrected chi connectivity index (χ2v) is 6.82. The molecule has 0 aromatic carbocycles. The van der Waals surface area contributed by atoms with Crippen LogP contribution in [0, 0.1) is 5.92 Å². The topological polar surface area (TPSA) is 113 Å². The fourth-order valence-electron chi connectivity index (χ4n) is 2.29. The highest BCUT2D eigenvalue weighted by Gasteiger charge is 2.39. The van der Waals surface area contributed by atoms with Crippen molar-refractivity contribution in [1.82, 2.24) is 5.32 Å². The predicted molar refractivity (Wildman–Crippen MR) is 92.5 cm³/mol. The van der Waals surface area contributed by atoms with Crippen LogP contribution in [0.3, 0.4) is 0 Å². The van der Waals surface area contributed by atoms with E-state index in [1.165, 1.54) is 0 Å². The quantitative estimate of drug-likeness (QED) is 0.535. The normalized spacial score (nSPS) is 20.5. The number of hydrogen-bond donors (Lipinski definition) is 1. The van der Waals surface area contributed by atoms with E-state index in [-0.39, 0.29) is 25.3 Å². The van der Waals surface area contributed by atoms with Crippen LogP contribution in [0.1, 0.15) is 48.0 Å². The van der Waals surface area contributed by atoms with Gasteiger partial charge >= 0.3 is 18.0 Å². The van der Waals surface area contributed by atoms with E-state index in [0.717, 1.165) is 0 Å². The number of carbonyl (C=O) groups excluding carboxylic acids is 3. The van der Waals surface area contributed by atoms with Gasteiger partial charge < -0.3 is 24.4 Å². The van der Waals surface area contributed by atoms with E-state index < -0.39 is 41.7 Å². The molecule has 0 radical (unpaired) electrons. The van der Waals surface area contributed by atoms with Gasteiger partial charge in [-0.2, -0.15) is 0 Å². The number of ether oxygens (including phenoxy) is 3. The molecular formula is C17H28N2O7. The van der Waals surface area contributed by atoms with Crippen LogP contribution in [0.25, 0.3) is 0 Å². The average molecular weight is 372 g/mol. The first-order valence-electron chi connectivity index (χ1n) is 8.66. The average Bonchev–Trinajstić information content (AvgIpc) is 2.86. The van der Waals surface area contributed by atoms with Crippen molar-refractivity contribution in [3.8, 4) is 0 Å². The molecule has 0 aliphatic carbocycles. The number of alkyl carbamates (subject to hydrolysis) is 1. The van der Waals surface area contributed by atoms with Gasteiger partial charge in [0.1, 0.15) is 17.7 Å². The van der Waals surface area contributed by atoms with Crippen molar-refractivity contribution in [2.24, 2.45) is 11.1 Å². The first kappa shape index (κ1) is 21.7. The van der Waals surface area contributed by atoms with Crippen LogP contribution in [-0.2, 0) is 28.6 Å². The van der Waals surface area contributed by atoms with Crippen molar-refractivity contribution >= 4 is 23.7 Å². The largest absolute Gasteiger partial charge is 0.464 e. The molecule has 0 unspecified atom stereocenters. The minimum absolute atomic E-state index is 0.0750. The third kappa shape index (κ3) is 6.53. The van der Waals surface area contributed by atoms with Crippen molar-refractivity contribution in [3.05, 3.63) is 0 Å². The van der Waals surface area contributed by atoms with Crippen molar-refractivity contribution < 1.29 is 33.4 Å². The Bertz CT molecular complexity index is 554. The molecule has 0 saturated carbocycles. The highest BCUT2D eigenvalue weighted by molar-refractivity contribution is 6.37. The summed E-state index contributed by atoms with van der Waals surface area (Å²) in [6.07, 6.45) is -1.25. The lowest BCUT2D eigenvalue weighted by Gasteiger charge is -2.24. The summed E-state index contributed by atoms with van der Waals surface area (Å²) in [6.45, 7) is 10.6. The first-order chi connectivity index (χ1) is 12.1. The minimum Gasteiger partial charge on any atom is -0.464 e. The molecule has 1 aliphatic rings. The molecule has 26 heavy (non-hydrogen) atoms. The molecule has 0 aromatic rings. The third-order valence-electron chi connectivity index (χ3n) is 3.49. The first-order valence-corrected chi connectivity index (χ1v) is 8.66. The standard InChI is InChI=1S/C17H28N2O7/c1-7-23-14(20)11(18-16(22)25-17(4,5)6)9-12-10(3)13(19-26-12)15(21)24-8-2/h10-12H,7-9H2,1-6H3,(H,18,22)/t10-,11-,12+/m1/s1. The molecule has 9 nitrogen and oxygen atoms in total. The molecule has 1 rings (SSSR count). The lowest BCUT2D eigenvalue weighted by molar-refractivity contribution is -0.146. The van der Waals surface area contributed by atoms with E-state index in [2.05, 4.69) is 10.5 Å². The lowest BCUT2D eigenvalue weighted by Crippen LogP contribution is -2.46. The molecule has 1 N–H and O–H groups in total. The molecule has 9 heteroatoms. The molecule has 0 fully saturated rings. The number of oxime groups is 1. The monoisotopic (exact) mass is 372 g/mol. The maximum absolute atomic E-state index is 12.2. The van der Waals surface area contributed by atoms with Crippen LogP contribution in [0.4, 0.5) is 4.79 Å². The second kappa shape index (κ2) is 9.40. The van der Waals surface area contributed by atoms with Crippen LogP contribution in [0.15, 0.2) is 5.16 Å². The van der Waals surface area contributed by atoms with Crippen molar-refractivity contribution in [1.29, 1.82) is 0 Å². The van der Waals surface area contributed by atoms with E-state index in [0.29, 0.717) is 0 Å². The van der Waals surface area contributed by atoms with Crippen LogP contribution < -0.4 is 5.32 Å². The van der Waals surface area contributed by atoms with Gasteiger partial charge in [-0.3, -0.25) is 0 Å². The van der Waals surface area contributed by atoms with Crippen molar-refractivity contribution in [2.45, 2.75) is 65.7 Å². The summed E-state index contributed by atoms with van der Waals surface area (Å²) in [5.41, 5.74) is -0.558. The van der Waals surface area contributed by atoms with E-state index in [4.69, 9.17) is 19.0 Å². The number of esters is 2. The number of carbonyl (C=O) groups is 3. The van der Waals surface area contributed by atoms with Crippen LogP contribution >= 0.6 is 0 Å². The zero-order valence-corrected chi connectivity index (χ0v) is 16.2. The van der Waals surface area contributed by atoms with Gasteiger partial charge in [-0.15, -0.1) is 0 Å². The Kier molecular flexibility index (Phi) is 7.85. The molecule has 1 heterocycles. The number of hydrogen-bond acceptors (Lipinski definition) is 8. The van der Waals surface area contributed by atoms with E-state index in [9.17, 15) is 14.4 Å². The zero-order valence-electron chi connectivity index (χ0n) is 16.2. The summed E-state index contributed by atoms with van der Waals surface area (Å²) >= 11 is 0. The number of amides is 1. The van der Waals surface area contributed by atoms with Crippen molar-refractivity contribution in [2.75, 3.05) is 13.2 Å². The van der Waals surface area contributed by atoms with Crippen LogP contribution in [-0.4, -0.2) is 54.7 Å². The molecule has 1 aliphatic heterocycles. The molecule has 0 aromatic heterocycles. The van der Waals surface area contributed by atoms with E-state index in [1.807, 2.05) is 0 Å². The van der Waals surface area contributed by atoms with Gasteiger partial charge in [-0.1, -0.05) is 12.1 Å². The van der Waals surface area contributed by atoms with E-state index >= 15 is 0 Å². The second-order valence-electron chi connectivity index (χ2n) is 6.82. The Balaban J connectivity index is 2.76. The number of rotatable bonds is 7. The van der Waals surface area contributed by atoms with Gasteiger partial charge in [0.25, 0.3) is 0 Å². The Morgan fingerprint density at radius 3 is 2.35 bits per heavy atom.